The zero-order chi connectivity index (χ0) is 21.6. The SMILES string of the molecule is CN(Cc1ccccc1)S(=O)(=O)Nc1ncnc(OCCO)c1-c1ccc(Br)cc1. The molecule has 0 aliphatic rings. The molecule has 0 saturated carbocycles. The molecule has 2 aromatic carbocycles. The summed E-state index contributed by atoms with van der Waals surface area (Å²) in [6, 6.07) is 16.5. The van der Waals surface area contributed by atoms with Gasteiger partial charge >= 0.3 is 10.2 Å². The first-order valence-corrected chi connectivity index (χ1v) is 11.3. The summed E-state index contributed by atoms with van der Waals surface area (Å²) in [7, 11) is -2.42. The molecule has 3 rings (SSSR count). The lowest BCUT2D eigenvalue weighted by atomic mass is 10.1. The summed E-state index contributed by atoms with van der Waals surface area (Å²) in [4.78, 5) is 8.25. The Morgan fingerprint density at radius 3 is 2.47 bits per heavy atom. The number of nitrogens with one attached hydrogen (secondary N) is 1. The van der Waals surface area contributed by atoms with Crippen LogP contribution in [0.25, 0.3) is 11.1 Å². The zero-order valence-electron chi connectivity index (χ0n) is 16.2. The molecule has 1 aromatic heterocycles. The molecule has 0 radical (unpaired) electrons. The molecule has 0 unspecified atom stereocenters. The van der Waals surface area contributed by atoms with Crippen molar-refractivity contribution in [3.63, 3.8) is 0 Å². The van der Waals surface area contributed by atoms with Crippen LogP contribution in [-0.4, -0.2) is 48.1 Å². The van der Waals surface area contributed by atoms with Gasteiger partial charge in [-0.25, -0.2) is 9.97 Å². The Kier molecular flexibility index (Phi) is 7.38. The molecule has 0 aliphatic carbocycles. The normalized spacial score (nSPS) is 11.5. The summed E-state index contributed by atoms with van der Waals surface area (Å²) in [6.45, 7) is 0.00798. The van der Waals surface area contributed by atoms with Gasteiger partial charge in [-0.05, 0) is 23.3 Å². The number of aromatic nitrogens is 2. The largest absolute Gasteiger partial charge is 0.475 e. The molecule has 158 valence electrons. The predicted octanol–water partition coefficient (Wildman–Crippen LogP) is 3.07. The fourth-order valence-electron chi connectivity index (χ4n) is 2.70. The van der Waals surface area contributed by atoms with E-state index in [1.807, 2.05) is 42.5 Å². The van der Waals surface area contributed by atoms with Crippen molar-refractivity contribution in [2.75, 3.05) is 25.0 Å². The number of aliphatic hydroxyl groups excluding tert-OH is 1. The first-order valence-electron chi connectivity index (χ1n) is 9.03. The molecular weight excluding hydrogens is 472 g/mol. The third-order valence-corrected chi connectivity index (χ3v) is 6.09. The van der Waals surface area contributed by atoms with Crippen molar-refractivity contribution in [2.24, 2.45) is 0 Å². The predicted molar refractivity (Wildman–Crippen MR) is 118 cm³/mol. The number of anilines is 1. The Morgan fingerprint density at radius 2 is 1.80 bits per heavy atom. The lowest BCUT2D eigenvalue weighted by molar-refractivity contribution is 0.197. The Labute approximate surface area is 183 Å². The number of hydrogen-bond donors (Lipinski definition) is 2. The summed E-state index contributed by atoms with van der Waals surface area (Å²) in [5.41, 5.74) is 1.90. The van der Waals surface area contributed by atoms with E-state index in [2.05, 4.69) is 30.6 Å². The Balaban J connectivity index is 1.95. The van der Waals surface area contributed by atoms with Gasteiger partial charge in [-0.15, -0.1) is 0 Å². The van der Waals surface area contributed by atoms with Crippen LogP contribution in [0.5, 0.6) is 5.88 Å². The van der Waals surface area contributed by atoms with Gasteiger partial charge in [0.15, 0.2) is 5.82 Å². The number of nitrogens with zero attached hydrogens (tertiary/aromatic N) is 3. The van der Waals surface area contributed by atoms with Gasteiger partial charge in [0, 0.05) is 18.1 Å². The quantitative estimate of drug-likeness (QED) is 0.475. The van der Waals surface area contributed by atoms with E-state index < -0.39 is 10.2 Å². The molecule has 8 nitrogen and oxygen atoms in total. The van der Waals surface area contributed by atoms with E-state index in [1.165, 1.54) is 17.7 Å². The van der Waals surface area contributed by atoms with Gasteiger partial charge < -0.3 is 9.84 Å². The Bertz CT molecular complexity index is 1080. The molecule has 0 bridgehead atoms. The average Bonchev–Trinajstić information content (AvgIpc) is 2.73. The molecule has 10 heteroatoms. The van der Waals surface area contributed by atoms with Crippen LogP contribution in [0.4, 0.5) is 5.82 Å². The molecular formula is C20H21BrN4O4S. The van der Waals surface area contributed by atoms with Gasteiger partial charge in [0.1, 0.15) is 12.9 Å². The van der Waals surface area contributed by atoms with Gasteiger partial charge in [0.25, 0.3) is 0 Å². The number of aliphatic hydroxyl groups is 1. The van der Waals surface area contributed by atoms with Gasteiger partial charge in [0.05, 0.1) is 12.2 Å². The first kappa shape index (κ1) is 22.2. The molecule has 1 heterocycles. The lowest BCUT2D eigenvalue weighted by Gasteiger charge is -2.20. The third-order valence-electron chi connectivity index (χ3n) is 4.16. The summed E-state index contributed by atoms with van der Waals surface area (Å²) >= 11 is 3.38. The third kappa shape index (κ3) is 5.54. The molecule has 3 aromatic rings. The van der Waals surface area contributed by atoms with E-state index in [0.717, 1.165) is 10.0 Å². The van der Waals surface area contributed by atoms with Crippen LogP contribution in [0.2, 0.25) is 0 Å². The molecule has 30 heavy (non-hydrogen) atoms. The van der Waals surface area contributed by atoms with Crippen LogP contribution in [0.15, 0.2) is 65.4 Å². The van der Waals surface area contributed by atoms with Gasteiger partial charge in [-0.1, -0.05) is 58.4 Å². The average molecular weight is 493 g/mol. The summed E-state index contributed by atoms with van der Waals surface area (Å²) < 4.78 is 36.0. The van der Waals surface area contributed by atoms with Crippen molar-refractivity contribution >= 4 is 32.0 Å². The molecule has 0 saturated heterocycles. The molecule has 2 N–H and O–H groups in total. The van der Waals surface area contributed by atoms with Gasteiger partial charge in [-0.2, -0.15) is 12.7 Å². The molecule has 0 fully saturated rings. The van der Waals surface area contributed by atoms with E-state index in [-0.39, 0.29) is 31.5 Å². The second-order valence-electron chi connectivity index (χ2n) is 6.33. The highest BCUT2D eigenvalue weighted by Crippen LogP contribution is 2.35. The van der Waals surface area contributed by atoms with E-state index in [0.29, 0.717) is 11.1 Å². The zero-order valence-corrected chi connectivity index (χ0v) is 18.6. The standard InChI is InChI=1S/C20H21BrN4O4S/c1-25(13-15-5-3-2-4-6-15)30(27,28)24-19-18(16-7-9-17(21)10-8-16)20(23-14-22-19)29-12-11-26/h2-10,14,26H,11-13H2,1H3,(H,22,23,24). The van der Waals surface area contributed by atoms with Crippen LogP contribution in [-0.2, 0) is 16.8 Å². The highest BCUT2D eigenvalue weighted by Gasteiger charge is 2.23. The summed E-state index contributed by atoms with van der Waals surface area (Å²) in [5, 5.41) is 9.10. The maximum Gasteiger partial charge on any atom is 0.302 e. The number of halogens is 1. The van der Waals surface area contributed by atoms with E-state index >= 15 is 0 Å². The number of rotatable bonds is 9. The van der Waals surface area contributed by atoms with Crippen LogP contribution < -0.4 is 9.46 Å². The molecule has 0 spiro atoms. The van der Waals surface area contributed by atoms with Crippen LogP contribution in [0, 0.1) is 0 Å². The summed E-state index contributed by atoms with van der Waals surface area (Å²) in [5.74, 6) is 0.255. The van der Waals surface area contributed by atoms with E-state index in [9.17, 15) is 8.42 Å². The van der Waals surface area contributed by atoms with Crippen LogP contribution >= 0.6 is 15.9 Å². The first-order chi connectivity index (χ1) is 14.4. The minimum Gasteiger partial charge on any atom is -0.475 e. The highest BCUT2D eigenvalue weighted by atomic mass is 79.9. The van der Waals surface area contributed by atoms with Crippen molar-refractivity contribution in [1.29, 1.82) is 0 Å². The lowest BCUT2D eigenvalue weighted by Crippen LogP contribution is -2.32. The maximum atomic E-state index is 12.9. The van der Waals surface area contributed by atoms with Crippen LogP contribution in [0.3, 0.4) is 0 Å². The monoisotopic (exact) mass is 492 g/mol. The fourth-order valence-corrected chi connectivity index (χ4v) is 3.84. The van der Waals surface area contributed by atoms with Gasteiger partial charge in [-0.3, -0.25) is 4.72 Å². The number of ether oxygens (including phenoxy) is 1. The topological polar surface area (TPSA) is 105 Å². The van der Waals surface area contributed by atoms with Crippen molar-refractivity contribution in [3.05, 3.63) is 71.0 Å². The van der Waals surface area contributed by atoms with Gasteiger partial charge in [0.2, 0.25) is 5.88 Å². The Morgan fingerprint density at radius 1 is 1.10 bits per heavy atom. The number of benzene rings is 2. The van der Waals surface area contributed by atoms with E-state index in [1.54, 1.807) is 12.1 Å². The van der Waals surface area contributed by atoms with Crippen molar-refractivity contribution < 1.29 is 18.3 Å². The van der Waals surface area contributed by atoms with Crippen molar-refractivity contribution in [1.82, 2.24) is 14.3 Å². The smallest absolute Gasteiger partial charge is 0.302 e. The second-order valence-corrected chi connectivity index (χ2v) is 9.02. The second kappa shape index (κ2) is 9.98. The maximum absolute atomic E-state index is 12.9. The minimum absolute atomic E-state index is 0.0145. The molecule has 0 atom stereocenters. The molecule has 0 aliphatic heterocycles. The van der Waals surface area contributed by atoms with Crippen molar-refractivity contribution in [3.8, 4) is 17.0 Å². The highest BCUT2D eigenvalue weighted by molar-refractivity contribution is 9.10. The minimum atomic E-state index is -3.91. The van der Waals surface area contributed by atoms with E-state index in [4.69, 9.17) is 9.84 Å². The number of hydrogen-bond acceptors (Lipinski definition) is 6. The van der Waals surface area contributed by atoms with Crippen molar-refractivity contribution in [2.45, 2.75) is 6.54 Å². The summed E-state index contributed by atoms with van der Waals surface area (Å²) in [6.07, 6.45) is 1.21. The fraction of sp³-hybridized carbons (Fsp3) is 0.200. The van der Waals surface area contributed by atoms with Crippen LogP contribution in [0.1, 0.15) is 5.56 Å². The molecule has 0 amide bonds. The Hall–Kier alpha value is -2.53.